The molecule has 0 aliphatic carbocycles. The van der Waals surface area contributed by atoms with Gasteiger partial charge in [-0.1, -0.05) is 24.3 Å². The van der Waals surface area contributed by atoms with Crippen molar-refractivity contribution in [1.29, 1.82) is 5.26 Å². The molecule has 5 nitrogen and oxygen atoms in total. The second-order valence-electron chi connectivity index (χ2n) is 5.10. The average molecular weight is 292 g/mol. The van der Waals surface area contributed by atoms with Gasteiger partial charge in [0.25, 0.3) is 5.91 Å². The fraction of sp³-hybridized carbons (Fsp3) is 0.118. The van der Waals surface area contributed by atoms with Gasteiger partial charge in [0, 0.05) is 16.8 Å². The van der Waals surface area contributed by atoms with E-state index < -0.39 is 12.0 Å². The number of hydrogen-bond donors (Lipinski definition) is 1. The fourth-order valence-corrected chi connectivity index (χ4v) is 2.77. The molecule has 2 aromatic carbocycles. The van der Waals surface area contributed by atoms with E-state index in [0.717, 1.165) is 5.56 Å². The number of carbonyl (C=O) groups excluding carboxylic acids is 1. The summed E-state index contributed by atoms with van der Waals surface area (Å²) in [5, 5.41) is 18.6. The summed E-state index contributed by atoms with van der Waals surface area (Å²) in [5.74, 6) is -1.35. The van der Waals surface area contributed by atoms with Crippen LogP contribution in [0.25, 0.3) is 0 Å². The second-order valence-corrected chi connectivity index (χ2v) is 5.10. The molecule has 2 aromatic rings. The molecule has 0 bridgehead atoms. The first-order valence-corrected chi connectivity index (χ1v) is 6.70. The van der Waals surface area contributed by atoms with Gasteiger partial charge in [0.1, 0.15) is 0 Å². The lowest BCUT2D eigenvalue weighted by Gasteiger charge is -2.20. The van der Waals surface area contributed by atoms with Crippen LogP contribution in [-0.2, 0) is 0 Å². The molecule has 0 spiro atoms. The van der Waals surface area contributed by atoms with Gasteiger partial charge in [0.15, 0.2) is 6.04 Å². The Bertz CT molecular complexity index is 836. The van der Waals surface area contributed by atoms with Crippen LogP contribution in [0.5, 0.6) is 0 Å². The minimum Gasteiger partial charge on any atom is -0.478 e. The van der Waals surface area contributed by atoms with Gasteiger partial charge in [0.2, 0.25) is 0 Å². The van der Waals surface area contributed by atoms with Crippen molar-refractivity contribution in [3.05, 3.63) is 64.7 Å². The van der Waals surface area contributed by atoms with Crippen molar-refractivity contribution in [3.8, 4) is 6.07 Å². The maximum absolute atomic E-state index is 12.7. The van der Waals surface area contributed by atoms with Gasteiger partial charge in [-0.05, 0) is 30.7 Å². The molecule has 0 saturated heterocycles. The molecular formula is C17H12N2O3. The Balaban J connectivity index is 2.15. The number of nitrogens with zero attached hydrogens (tertiary/aromatic N) is 2. The number of carboxylic acid groups (broad SMARTS) is 1. The molecule has 22 heavy (non-hydrogen) atoms. The third-order valence-corrected chi connectivity index (χ3v) is 3.78. The standard InChI is InChI=1S/C17H12N2O3/c1-10-4-2-7-13-14(9-18)19(16(20)15(10)13)12-6-3-5-11(8-12)17(21)22/h2-8,14H,1H3,(H,21,22). The van der Waals surface area contributed by atoms with E-state index in [-0.39, 0.29) is 11.5 Å². The van der Waals surface area contributed by atoms with E-state index in [2.05, 4.69) is 6.07 Å². The zero-order chi connectivity index (χ0) is 15.9. The van der Waals surface area contributed by atoms with E-state index in [1.54, 1.807) is 18.2 Å². The zero-order valence-electron chi connectivity index (χ0n) is 11.8. The number of carbonyl (C=O) groups is 2. The summed E-state index contributed by atoms with van der Waals surface area (Å²) in [6, 6.07) is 12.8. The topological polar surface area (TPSA) is 81.4 Å². The molecular weight excluding hydrogens is 280 g/mol. The van der Waals surface area contributed by atoms with Crippen LogP contribution >= 0.6 is 0 Å². The molecule has 5 heteroatoms. The number of anilines is 1. The fourth-order valence-electron chi connectivity index (χ4n) is 2.77. The number of amides is 1. The van der Waals surface area contributed by atoms with Gasteiger partial charge in [-0.3, -0.25) is 9.69 Å². The van der Waals surface area contributed by atoms with Crippen molar-refractivity contribution >= 4 is 17.6 Å². The molecule has 0 aromatic heterocycles. The van der Waals surface area contributed by atoms with Crippen molar-refractivity contribution in [3.63, 3.8) is 0 Å². The molecule has 1 unspecified atom stereocenters. The van der Waals surface area contributed by atoms with E-state index in [1.165, 1.54) is 17.0 Å². The van der Waals surface area contributed by atoms with Gasteiger partial charge >= 0.3 is 5.97 Å². The molecule has 3 rings (SSSR count). The summed E-state index contributed by atoms with van der Waals surface area (Å²) in [5.41, 5.74) is 2.48. The molecule has 0 radical (unpaired) electrons. The summed E-state index contributed by atoms with van der Waals surface area (Å²) >= 11 is 0. The van der Waals surface area contributed by atoms with Crippen LogP contribution in [0.4, 0.5) is 5.69 Å². The highest BCUT2D eigenvalue weighted by atomic mass is 16.4. The number of rotatable bonds is 2. The van der Waals surface area contributed by atoms with Gasteiger partial charge in [-0.2, -0.15) is 5.26 Å². The molecule has 1 aliphatic heterocycles. The predicted molar refractivity (Wildman–Crippen MR) is 79.7 cm³/mol. The van der Waals surface area contributed by atoms with Crippen LogP contribution in [0.3, 0.4) is 0 Å². The van der Waals surface area contributed by atoms with E-state index in [9.17, 15) is 14.9 Å². The Kier molecular flexibility index (Phi) is 3.15. The van der Waals surface area contributed by atoms with Gasteiger partial charge in [0.05, 0.1) is 11.6 Å². The SMILES string of the molecule is Cc1cccc2c1C(=O)N(c1cccc(C(=O)O)c1)C2C#N. The average Bonchev–Trinajstić information content (AvgIpc) is 2.80. The number of hydrogen-bond acceptors (Lipinski definition) is 3. The van der Waals surface area contributed by atoms with E-state index in [1.807, 2.05) is 19.1 Å². The monoisotopic (exact) mass is 292 g/mol. The first-order chi connectivity index (χ1) is 10.5. The van der Waals surface area contributed by atoms with Gasteiger partial charge in [-0.25, -0.2) is 4.79 Å². The number of aryl methyl sites for hydroxylation is 1. The van der Waals surface area contributed by atoms with Crippen molar-refractivity contribution < 1.29 is 14.7 Å². The Labute approximate surface area is 127 Å². The first kappa shape index (κ1) is 13.8. The van der Waals surface area contributed by atoms with Crippen molar-refractivity contribution in [2.75, 3.05) is 4.90 Å². The normalized spacial score (nSPS) is 16.3. The molecule has 0 fully saturated rings. The second kappa shape index (κ2) is 5.01. The first-order valence-electron chi connectivity index (χ1n) is 6.70. The molecule has 1 atom stereocenters. The minimum absolute atomic E-state index is 0.0784. The van der Waals surface area contributed by atoms with Crippen LogP contribution in [0.2, 0.25) is 0 Å². The summed E-state index contributed by atoms with van der Waals surface area (Å²) in [7, 11) is 0. The number of nitriles is 1. The predicted octanol–water partition coefficient (Wildman–Crippen LogP) is 2.92. The summed E-state index contributed by atoms with van der Waals surface area (Å²) < 4.78 is 0. The Morgan fingerprint density at radius 3 is 2.68 bits per heavy atom. The maximum Gasteiger partial charge on any atom is 0.335 e. The van der Waals surface area contributed by atoms with Crippen molar-refractivity contribution in [2.24, 2.45) is 0 Å². The number of carboxylic acids is 1. The Morgan fingerprint density at radius 1 is 1.27 bits per heavy atom. The maximum atomic E-state index is 12.7. The van der Waals surface area contributed by atoms with Crippen LogP contribution in [0.1, 0.15) is 37.9 Å². The third kappa shape index (κ3) is 1.93. The lowest BCUT2D eigenvalue weighted by atomic mass is 10.0. The largest absolute Gasteiger partial charge is 0.478 e. The smallest absolute Gasteiger partial charge is 0.335 e. The molecule has 1 N–H and O–H groups in total. The highest BCUT2D eigenvalue weighted by molar-refractivity contribution is 6.12. The Hall–Kier alpha value is -3.13. The van der Waals surface area contributed by atoms with Crippen LogP contribution < -0.4 is 4.90 Å². The summed E-state index contributed by atoms with van der Waals surface area (Å²) in [4.78, 5) is 25.2. The van der Waals surface area contributed by atoms with Crippen molar-refractivity contribution in [2.45, 2.75) is 13.0 Å². The van der Waals surface area contributed by atoms with Gasteiger partial charge < -0.3 is 5.11 Å². The molecule has 1 aliphatic rings. The van der Waals surface area contributed by atoms with E-state index >= 15 is 0 Å². The summed E-state index contributed by atoms with van der Waals surface area (Å²) in [6.07, 6.45) is 0. The van der Waals surface area contributed by atoms with E-state index in [0.29, 0.717) is 16.8 Å². The zero-order valence-corrected chi connectivity index (χ0v) is 11.8. The molecule has 0 saturated carbocycles. The molecule has 108 valence electrons. The summed E-state index contributed by atoms with van der Waals surface area (Å²) in [6.45, 7) is 1.82. The molecule has 1 amide bonds. The minimum atomic E-state index is -1.07. The van der Waals surface area contributed by atoms with Crippen LogP contribution in [0.15, 0.2) is 42.5 Å². The number of fused-ring (bicyclic) bond motifs is 1. The third-order valence-electron chi connectivity index (χ3n) is 3.78. The lowest BCUT2D eigenvalue weighted by molar-refractivity contribution is 0.0696. The number of benzene rings is 2. The highest BCUT2D eigenvalue weighted by Gasteiger charge is 2.38. The highest BCUT2D eigenvalue weighted by Crippen LogP contribution is 2.38. The Morgan fingerprint density at radius 2 is 2.00 bits per heavy atom. The van der Waals surface area contributed by atoms with Crippen molar-refractivity contribution in [1.82, 2.24) is 0 Å². The quantitative estimate of drug-likeness (QED) is 0.922. The van der Waals surface area contributed by atoms with E-state index in [4.69, 9.17) is 5.11 Å². The van der Waals surface area contributed by atoms with Crippen LogP contribution in [-0.4, -0.2) is 17.0 Å². The number of aromatic carboxylic acids is 1. The van der Waals surface area contributed by atoms with Gasteiger partial charge in [-0.15, -0.1) is 0 Å². The van der Waals surface area contributed by atoms with Crippen LogP contribution in [0, 0.1) is 18.3 Å². The lowest BCUT2D eigenvalue weighted by Crippen LogP contribution is -2.27. The molecule has 1 heterocycles.